The fourth-order valence-corrected chi connectivity index (χ4v) is 5.56. The lowest BCUT2D eigenvalue weighted by molar-refractivity contribution is -0.257. The molecule has 0 radical (unpaired) electrons. The van der Waals surface area contributed by atoms with Gasteiger partial charge in [-0.15, -0.1) is 0 Å². The Balaban J connectivity index is 1.94. The molecule has 1 spiro atoms. The average molecular weight is 396 g/mol. The monoisotopic (exact) mass is 396 g/mol. The minimum atomic E-state index is -1.60. The highest BCUT2D eigenvalue weighted by Crippen LogP contribution is 2.71. The van der Waals surface area contributed by atoms with Crippen molar-refractivity contribution in [3.63, 3.8) is 0 Å². The summed E-state index contributed by atoms with van der Waals surface area (Å²) in [6, 6.07) is 0. The molecular weight excluding hydrogens is 372 g/mol. The number of esters is 2. The molecule has 2 aliphatic carbocycles. The number of fused-ring (bicyclic) bond motifs is 2. The molecule has 3 fully saturated rings. The van der Waals surface area contributed by atoms with Crippen LogP contribution in [0.2, 0.25) is 0 Å². The maximum atomic E-state index is 12.8. The van der Waals surface area contributed by atoms with Gasteiger partial charge in [0, 0.05) is 13.8 Å². The molecule has 8 atom stereocenters. The number of aliphatic hydroxyl groups excluding tert-OH is 2. The zero-order chi connectivity index (χ0) is 20.6. The molecule has 0 aromatic carbocycles. The fourth-order valence-electron chi connectivity index (χ4n) is 5.56. The molecule has 2 heterocycles. The van der Waals surface area contributed by atoms with Gasteiger partial charge in [-0.1, -0.05) is 6.92 Å². The van der Waals surface area contributed by atoms with E-state index in [4.69, 9.17) is 18.9 Å². The van der Waals surface area contributed by atoms with Gasteiger partial charge in [0.05, 0.1) is 23.5 Å². The van der Waals surface area contributed by atoms with Gasteiger partial charge >= 0.3 is 11.9 Å². The van der Waals surface area contributed by atoms with Gasteiger partial charge in [-0.05, 0) is 18.6 Å². The molecule has 4 aliphatic rings. The number of hydrogen-bond acceptors (Lipinski definition) is 9. The lowest BCUT2D eigenvalue weighted by atomic mass is 9.50. The summed E-state index contributed by atoms with van der Waals surface area (Å²) in [6.45, 7) is 5.52. The molecule has 154 valence electrons. The zero-order valence-corrected chi connectivity index (χ0v) is 16.1. The van der Waals surface area contributed by atoms with Crippen molar-refractivity contribution >= 4 is 17.7 Å². The topological polar surface area (TPSA) is 132 Å². The molecule has 2 saturated heterocycles. The molecule has 9 heteroatoms. The largest absolute Gasteiger partial charge is 0.465 e. The van der Waals surface area contributed by atoms with E-state index in [0.29, 0.717) is 5.57 Å². The number of epoxide rings is 1. The summed E-state index contributed by atoms with van der Waals surface area (Å²) in [7, 11) is 0. The van der Waals surface area contributed by atoms with Crippen molar-refractivity contribution in [1.82, 2.24) is 0 Å². The van der Waals surface area contributed by atoms with E-state index in [-0.39, 0.29) is 13.2 Å². The van der Waals surface area contributed by atoms with Crippen LogP contribution in [0.3, 0.4) is 0 Å². The van der Waals surface area contributed by atoms with Crippen LogP contribution in [0.5, 0.6) is 0 Å². The van der Waals surface area contributed by atoms with Gasteiger partial charge in [-0.2, -0.15) is 0 Å². The van der Waals surface area contributed by atoms with E-state index >= 15 is 0 Å². The summed E-state index contributed by atoms with van der Waals surface area (Å²) < 4.78 is 22.6. The zero-order valence-electron chi connectivity index (χ0n) is 16.1. The van der Waals surface area contributed by atoms with E-state index in [1.165, 1.54) is 13.8 Å². The van der Waals surface area contributed by atoms with Gasteiger partial charge in [-0.25, -0.2) is 0 Å². The van der Waals surface area contributed by atoms with Crippen molar-refractivity contribution in [2.24, 2.45) is 10.8 Å². The van der Waals surface area contributed by atoms with Crippen LogP contribution in [-0.4, -0.2) is 77.3 Å². The smallest absolute Gasteiger partial charge is 0.303 e. The second-order valence-corrected chi connectivity index (χ2v) is 8.32. The van der Waals surface area contributed by atoms with Crippen molar-refractivity contribution < 1.29 is 43.5 Å². The third-order valence-corrected chi connectivity index (χ3v) is 7.08. The van der Waals surface area contributed by atoms with Gasteiger partial charge in [0.1, 0.15) is 36.6 Å². The van der Waals surface area contributed by atoms with Crippen LogP contribution >= 0.6 is 0 Å². The third-order valence-electron chi connectivity index (χ3n) is 7.08. The van der Waals surface area contributed by atoms with Crippen molar-refractivity contribution in [1.29, 1.82) is 0 Å². The first-order valence-electron chi connectivity index (χ1n) is 9.21. The lowest BCUT2D eigenvalue weighted by Gasteiger charge is -2.58. The number of hydrogen-bond donors (Lipinski definition) is 2. The Labute approximate surface area is 161 Å². The Bertz CT molecular complexity index is 784. The Hall–Kier alpha value is -1.81. The van der Waals surface area contributed by atoms with Gasteiger partial charge in [-0.3, -0.25) is 14.4 Å². The first kappa shape index (κ1) is 19.5. The van der Waals surface area contributed by atoms with E-state index in [2.05, 4.69) is 0 Å². The predicted molar refractivity (Wildman–Crippen MR) is 90.8 cm³/mol. The minimum Gasteiger partial charge on any atom is -0.465 e. The van der Waals surface area contributed by atoms with Crippen LogP contribution in [0.25, 0.3) is 0 Å². The molecule has 0 aromatic rings. The molecule has 0 aromatic heterocycles. The summed E-state index contributed by atoms with van der Waals surface area (Å²) in [4.78, 5) is 36.2. The SMILES string of the molecule is CC(=O)OC[C@@]12[C@H](O)C(=O)C(C)=C[C@H]1O[C@@H]1[C@H](O)[C@@H](OC(C)=O)[C@@]2(C)[C@@]12CO2. The van der Waals surface area contributed by atoms with Crippen molar-refractivity contribution in [2.75, 3.05) is 13.2 Å². The molecule has 1 saturated carbocycles. The number of carbonyl (C=O) groups excluding carboxylic acids is 3. The third kappa shape index (κ3) is 2.07. The second kappa shape index (κ2) is 5.85. The van der Waals surface area contributed by atoms with E-state index < -0.39 is 64.7 Å². The molecular formula is C19H24O9. The van der Waals surface area contributed by atoms with Gasteiger partial charge in [0.25, 0.3) is 0 Å². The molecule has 2 bridgehead atoms. The molecule has 2 N–H and O–H groups in total. The highest BCUT2D eigenvalue weighted by Gasteiger charge is 2.87. The number of Topliss-reactive ketones (excluding diaryl/α,β-unsaturated/α-hetero) is 1. The summed E-state index contributed by atoms with van der Waals surface area (Å²) in [6.07, 6.45) is -4.04. The highest BCUT2D eigenvalue weighted by atomic mass is 16.7. The normalized spacial score (nSPS) is 48.7. The Morgan fingerprint density at radius 3 is 2.46 bits per heavy atom. The number of ketones is 1. The first-order valence-corrected chi connectivity index (χ1v) is 9.21. The van der Waals surface area contributed by atoms with E-state index in [0.717, 1.165) is 0 Å². The number of carbonyl (C=O) groups is 3. The van der Waals surface area contributed by atoms with Gasteiger partial charge < -0.3 is 29.2 Å². The number of ether oxygens (including phenoxy) is 4. The molecule has 0 unspecified atom stereocenters. The Kier molecular flexibility index (Phi) is 4.08. The van der Waals surface area contributed by atoms with Crippen molar-refractivity contribution in [3.8, 4) is 0 Å². The summed E-state index contributed by atoms with van der Waals surface area (Å²) >= 11 is 0. The Morgan fingerprint density at radius 2 is 1.93 bits per heavy atom. The van der Waals surface area contributed by atoms with Crippen LogP contribution in [-0.2, 0) is 33.3 Å². The number of aliphatic hydroxyl groups is 2. The van der Waals surface area contributed by atoms with Crippen LogP contribution in [0.4, 0.5) is 0 Å². The highest BCUT2D eigenvalue weighted by molar-refractivity contribution is 6.00. The maximum absolute atomic E-state index is 12.8. The first-order chi connectivity index (χ1) is 13.0. The average Bonchev–Trinajstić information content (AvgIpc) is 3.39. The van der Waals surface area contributed by atoms with Gasteiger partial charge in [0.15, 0.2) is 5.78 Å². The van der Waals surface area contributed by atoms with Crippen LogP contribution in [0, 0.1) is 10.8 Å². The van der Waals surface area contributed by atoms with Crippen molar-refractivity contribution in [3.05, 3.63) is 11.6 Å². The summed E-state index contributed by atoms with van der Waals surface area (Å²) in [5.74, 6) is -1.76. The van der Waals surface area contributed by atoms with E-state index in [9.17, 15) is 24.6 Å². The number of rotatable bonds is 3. The van der Waals surface area contributed by atoms with Gasteiger partial charge in [0.2, 0.25) is 0 Å². The van der Waals surface area contributed by atoms with E-state index in [1.54, 1.807) is 19.9 Å². The molecule has 9 nitrogen and oxygen atoms in total. The molecule has 4 rings (SSSR count). The quantitative estimate of drug-likeness (QED) is 0.468. The maximum Gasteiger partial charge on any atom is 0.303 e. The molecule has 28 heavy (non-hydrogen) atoms. The predicted octanol–water partition coefficient (Wildman–Crippen LogP) is -0.725. The minimum absolute atomic E-state index is 0.196. The molecule has 2 aliphatic heterocycles. The second-order valence-electron chi connectivity index (χ2n) is 8.32. The van der Waals surface area contributed by atoms with E-state index in [1.807, 2.05) is 0 Å². The Morgan fingerprint density at radius 1 is 1.29 bits per heavy atom. The summed E-state index contributed by atoms with van der Waals surface area (Å²) in [5, 5.41) is 22.1. The van der Waals surface area contributed by atoms with Crippen LogP contribution < -0.4 is 0 Å². The van der Waals surface area contributed by atoms with Crippen LogP contribution in [0.1, 0.15) is 27.7 Å². The standard InChI is InChI=1S/C19H24O9/c1-8-5-11-18(6-25-9(2)20,14(24)12(8)22)17(4)15(27-10(3)21)13(23)16(28-11)19(17)7-26-19/h5,11,13-16,23-24H,6-7H2,1-4H3/t11-,13-,14-,15-,16-,17-,18+,19-/m1/s1. The molecule has 0 amide bonds. The summed E-state index contributed by atoms with van der Waals surface area (Å²) in [5.41, 5.74) is -3.51. The van der Waals surface area contributed by atoms with Crippen molar-refractivity contribution in [2.45, 2.75) is 63.8 Å². The van der Waals surface area contributed by atoms with Crippen LogP contribution in [0.15, 0.2) is 11.6 Å². The lowest BCUT2D eigenvalue weighted by Crippen LogP contribution is -2.72. The fraction of sp³-hybridized carbons (Fsp3) is 0.737.